The van der Waals surface area contributed by atoms with Crippen LogP contribution in [0.3, 0.4) is 0 Å². The van der Waals surface area contributed by atoms with Crippen molar-refractivity contribution < 1.29 is 9.13 Å². The van der Waals surface area contributed by atoms with Crippen LogP contribution in [0.15, 0.2) is 48.5 Å². The molecule has 3 heteroatoms. The van der Waals surface area contributed by atoms with Gasteiger partial charge < -0.3 is 10.1 Å². The Hall–Kier alpha value is -1.87. The van der Waals surface area contributed by atoms with Crippen molar-refractivity contribution in [3.05, 3.63) is 65.5 Å². The standard InChI is InChI=1S/C18H18FNO/c19-15-6-7-17(21-12-13-4-2-1-3-5-13)16(10-15)18-11-14(18)8-9-20-18/h1-7,10,14,20H,8-9,11-12H2. The van der Waals surface area contributed by atoms with E-state index < -0.39 is 0 Å². The maximum atomic E-state index is 13.7. The van der Waals surface area contributed by atoms with Crippen LogP contribution < -0.4 is 10.1 Å². The molecule has 0 bridgehead atoms. The molecule has 1 N–H and O–H groups in total. The lowest BCUT2D eigenvalue weighted by Gasteiger charge is -2.19. The fourth-order valence-electron chi connectivity index (χ4n) is 3.50. The van der Waals surface area contributed by atoms with Gasteiger partial charge in [-0.25, -0.2) is 4.39 Å². The van der Waals surface area contributed by atoms with Crippen LogP contribution in [0, 0.1) is 11.7 Å². The second-order valence-electron chi connectivity index (χ2n) is 6.00. The summed E-state index contributed by atoms with van der Waals surface area (Å²) in [4.78, 5) is 0. The van der Waals surface area contributed by atoms with Crippen molar-refractivity contribution in [2.45, 2.75) is 25.0 Å². The lowest BCUT2D eigenvalue weighted by Crippen LogP contribution is -2.26. The fourth-order valence-corrected chi connectivity index (χ4v) is 3.50. The molecule has 1 aliphatic carbocycles. The molecule has 1 heterocycles. The van der Waals surface area contributed by atoms with Gasteiger partial charge in [-0.15, -0.1) is 0 Å². The van der Waals surface area contributed by atoms with Crippen molar-refractivity contribution in [1.29, 1.82) is 0 Å². The van der Waals surface area contributed by atoms with Crippen molar-refractivity contribution in [3.8, 4) is 5.75 Å². The van der Waals surface area contributed by atoms with E-state index in [-0.39, 0.29) is 11.4 Å². The number of ether oxygens (including phenoxy) is 1. The summed E-state index contributed by atoms with van der Waals surface area (Å²) in [5.74, 6) is 1.25. The third-order valence-electron chi connectivity index (χ3n) is 4.70. The Morgan fingerprint density at radius 2 is 2.05 bits per heavy atom. The Labute approximate surface area is 123 Å². The molecule has 108 valence electrons. The summed E-state index contributed by atoms with van der Waals surface area (Å²) in [5, 5.41) is 3.54. The average Bonchev–Trinajstić information content (AvgIpc) is 3.08. The normalized spacial score (nSPS) is 26.4. The van der Waals surface area contributed by atoms with Crippen molar-refractivity contribution >= 4 is 0 Å². The molecule has 0 spiro atoms. The largest absolute Gasteiger partial charge is 0.489 e. The van der Waals surface area contributed by atoms with Gasteiger partial charge in [-0.05, 0) is 49.1 Å². The van der Waals surface area contributed by atoms with E-state index in [0.29, 0.717) is 12.5 Å². The quantitative estimate of drug-likeness (QED) is 0.925. The number of piperidine rings is 1. The molecule has 2 aromatic rings. The first kappa shape index (κ1) is 12.8. The van der Waals surface area contributed by atoms with E-state index in [9.17, 15) is 4.39 Å². The third-order valence-corrected chi connectivity index (χ3v) is 4.70. The third kappa shape index (κ3) is 2.22. The van der Waals surface area contributed by atoms with Crippen LogP contribution in [0.4, 0.5) is 4.39 Å². The van der Waals surface area contributed by atoms with Gasteiger partial charge in [0.15, 0.2) is 0 Å². The van der Waals surface area contributed by atoms with Crippen LogP contribution in [0.1, 0.15) is 24.0 Å². The SMILES string of the molecule is Fc1ccc(OCc2ccccc2)c(C23CC2CCN3)c1. The van der Waals surface area contributed by atoms with Crippen molar-refractivity contribution in [2.75, 3.05) is 6.54 Å². The molecular weight excluding hydrogens is 265 g/mol. The Balaban J connectivity index is 1.60. The molecular formula is C18H18FNO. The number of hydrogen-bond acceptors (Lipinski definition) is 2. The molecule has 2 aromatic carbocycles. The highest BCUT2D eigenvalue weighted by atomic mass is 19.1. The Morgan fingerprint density at radius 1 is 1.19 bits per heavy atom. The molecule has 0 aromatic heterocycles. The fraction of sp³-hybridized carbons (Fsp3) is 0.333. The first-order valence-corrected chi connectivity index (χ1v) is 7.50. The van der Waals surface area contributed by atoms with Crippen molar-refractivity contribution in [1.82, 2.24) is 5.32 Å². The van der Waals surface area contributed by atoms with Gasteiger partial charge in [0.2, 0.25) is 0 Å². The van der Waals surface area contributed by atoms with Gasteiger partial charge in [0, 0.05) is 5.56 Å². The number of nitrogens with one attached hydrogen (secondary N) is 1. The second-order valence-corrected chi connectivity index (χ2v) is 6.00. The van der Waals surface area contributed by atoms with E-state index in [1.54, 1.807) is 12.1 Å². The van der Waals surface area contributed by atoms with E-state index in [2.05, 4.69) is 5.32 Å². The lowest BCUT2D eigenvalue weighted by molar-refractivity contribution is 0.297. The van der Waals surface area contributed by atoms with Gasteiger partial charge in [0.1, 0.15) is 18.2 Å². The summed E-state index contributed by atoms with van der Waals surface area (Å²) >= 11 is 0. The highest BCUT2D eigenvalue weighted by Crippen LogP contribution is 2.59. The predicted octanol–water partition coefficient (Wildman–Crippen LogP) is 3.61. The smallest absolute Gasteiger partial charge is 0.125 e. The van der Waals surface area contributed by atoms with Crippen LogP contribution in [0.5, 0.6) is 5.75 Å². The maximum Gasteiger partial charge on any atom is 0.125 e. The zero-order chi connectivity index (χ0) is 14.3. The minimum atomic E-state index is -0.189. The number of rotatable bonds is 4. The molecule has 2 fully saturated rings. The minimum absolute atomic E-state index is 0.0336. The monoisotopic (exact) mass is 283 g/mol. The molecule has 2 nitrogen and oxygen atoms in total. The molecule has 0 amide bonds. The Bertz CT molecular complexity index is 658. The van der Waals surface area contributed by atoms with E-state index in [1.807, 2.05) is 30.3 Å². The Kier molecular flexibility index (Phi) is 2.96. The highest BCUT2D eigenvalue weighted by Gasteiger charge is 2.59. The van der Waals surface area contributed by atoms with Gasteiger partial charge in [0.25, 0.3) is 0 Å². The van der Waals surface area contributed by atoms with E-state index in [4.69, 9.17) is 4.74 Å². The van der Waals surface area contributed by atoms with Crippen LogP contribution in [0.2, 0.25) is 0 Å². The van der Waals surface area contributed by atoms with Crippen LogP contribution >= 0.6 is 0 Å². The van der Waals surface area contributed by atoms with E-state index in [1.165, 1.54) is 12.5 Å². The summed E-state index contributed by atoms with van der Waals surface area (Å²) in [6, 6.07) is 14.9. The zero-order valence-corrected chi connectivity index (χ0v) is 11.8. The summed E-state index contributed by atoms with van der Waals surface area (Å²) in [7, 11) is 0. The maximum absolute atomic E-state index is 13.7. The zero-order valence-electron chi connectivity index (χ0n) is 11.8. The summed E-state index contributed by atoms with van der Waals surface area (Å²) in [5.41, 5.74) is 2.08. The molecule has 2 unspecified atom stereocenters. The predicted molar refractivity (Wildman–Crippen MR) is 79.6 cm³/mol. The molecule has 1 saturated heterocycles. The number of hydrogen-bond donors (Lipinski definition) is 1. The molecule has 4 rings (SSSR count). The van der Waals surface area contributed by atoms with E-state index >= 15 is 0 Å². The second kappa shape index (κ2) is 4.85. The first-order valence-electron chi connectivity index (χ1n) is 7.50. The first-order chi connectivity index (χ1) is 10.3. The molecule has 1 aliphatic heterocycles. The van der Waals surface area contributed by atoms with Gasteiger partial charge in [-0.3, -0.25) is 0 Å². The summed E-state index contributed by atoms with van der Waals surface area (Å²) in [6.45, 7) is 1.53. The van der Waals surface area contributed by atoms with Gasteiger partial charge in [-0.1, -0.05) is 30.3 Å². The molecule has 2 atom stereocenters. The summed E-state index contributed by atoms with van der Waals surface area (Å²) < 4.78 is 19.6. The van der Waals surface area contributed by atoms with Crippen molar-refractivity contribution in [2.24, 2.45) is 5.92 Å². The van der Waals surface area contributed by atoms with Crippen LogP contribution in [-0.4, -0.2) is 6.54 Å². The van der Waals surface area contributed by atoms with Gasteiger partial charge >= 0.3 is 0 Å². The average molecular weight is 283 g/mol. The minimum Gasteiger partial charge on any atom is -0.489 e. The number of halogens is 1. The molecule has 1 saturated carbocycles. The number of fused-ring (bicyclic) bond motifs is 1. The summed E-state index contributed by atoms with van der Waals surface area (Å²) in [6.07, 6.45) is 2.27. The van der Waals surface area contributed by atoms with Gasteiger partial charge in [-0.2, -0.15) is 0 Å². The molecule has 2 aliphatic rings. The van der Waals surface area contributed by atoms with Crippen molar-refractivity contribution in [3.63, 3.8) is 0 Å². The highest BCUT2D eigenvalue weighted by molar-refractivity contribution is 5.45. The molecule has 0 radical (unpaired) electrons. The molecule has 21 heavy (non-hydrogen) atoms. The Morgan fingerprint density at radius 3 is 2.76 bits per heavy atom. The topological polar surface area (TPSA) is 21.3 Å². The van der Waals surface area contributed by atoms with E-state index in [0.717, 1.165) is 29.8 Å². The lowest BCUT2D eigenvalue weighted by atomic mass is 10.0. The van der Waals surface area contributed by atoms with Gasteiger partial charge in [0.05, 0.1) is 5.54 Å². The number of benzene rings is 2. The van der Waals surface area contributed by atoms with Crippen LogP contribution in [0.25, 0.3) is 0 Å². The van der Waals surface area contributed by atoms with Crippen LogP contribution in [-0.2, 0) is 12.1 Å².